The normalized spacial score (nSPS) is 20.2. The first kappa shape index (κ1) is 12.9. The fourth-order valence-electron chi connectivity index (χ4n) is 2.16. The van der Waals surface area contributed by atoms with Gasteiger partial charge in [-0.25, -0.2) is 0 Å². The Balaban J connectivity index is 1.89. The van der Waals surface area contributed by atoms with Crippen LogP contribution < -0.4 is 10.1 Å². The summed E-state index contributed by atoms with van der Waals surface area (Å²) in [5.41, 5.74) is 1.34. The van der Waals surface area contributed by atoms with Crippen LogP contribution in [0.15, 0.2) is 22.7 Å². The molecule has 1 aliphatic heterocycles. The van der Waals surface area contributed by atoms with Gasteiger partial charge in [0.25, 0.3) is 0 Å². The van der Waals surface area contributed by atoms with E-state index in [-0.39, 0.29) is 0 Å². The molecule has 1 heterocycles. The fraction of sp³-hybridized carbons (Fsp3) is 0.571. The van der Waals surface area contributed by atoms with Crippen molar-refractivity contribution in [2.45, 2.75) is 26.2 Å². The van der Waals surface area contributed by atoms with Gasteiger partial charge in [-0.2, -0.15) is 0 Å². The van der Waals surface area contributed by atoms with E-state index in [0.717, 1.165) is 36.3 Å². The molecule has 2 rings (SSSR count). The van der Waals surface area contributed by atoms with Crippen LogP contribution in [0.3, 0.4) is 0 Å². The Bertz CT molecular complexity index is 361. The number of aryl methyl sites for hydroxylation is 1. The predicted molar refractivity (Wildman–Crippen MR) is 74.6 cm³/mol. The highest BCUT2D eigenvalue weighted by atomic mass is 79.9. The molecule has 94 valence electrons. The fourth-order valence-corrected chi connectivity index (χ4v) is 2.70. The summed E-state index contributed by atoms with van der Waals surface area (Å²) in [6.07, 6.45) is 3.60. The number of halogens is 1. The molecule has 17 heavy (non-hydrogen) atoms. The maximum absolute atomic E-state index is 5.89. The molecule has 0 radical (unpaired) electrons. The second-order valence-electron chi connectivity index (χ2n) is 4.64. The van der Waals surface area contributed by atoms with E-state index >= 15 is 0 Å². The number of hydrogen-bond donors (Lipinski definition) is 1. The summed E-state index contributed by atoms with van der Waals surface area (Å²) in [5.74, 6) is 1.62. The minimum absolute atomic E-state index is 0.654. The van der Waals surface area contributed by atoms with Crippen molar-refractivity contribution in [3.8, 4) is 5.75 Å². The van der Waals surface area contributed by atoms with Crippen molar-refractivity contribution in [1.82, 2.24) is 5.32 Å². The van der Waals surface area contributed by atoms with Crippen LogP contribution in [0.1, 0.15) is 25.3 Å². The van der Waals surface area contributed by atoms with Crippen LogP contribution in [0.2, 0.25) is 0 Å². The minimum atomic E-state index is 0.654. The maximum atomic E-state index is 5.89. The van der Waals surface area contributed by atoms with Gasteiger partial charge in [0.1, 0.15) is 5.75 Å². The summed E-state index contributed by atoms with van der Waals surface area (Å²) in [4.78, 5) is 0. The monoisotopic (exact) mass is 297 g/mol. The molecule has 3 heteroatoms. The topological polar surface area (TPSA) is 21.3 Å². The SMILES string of the molecule is CCc1ccc(OC[C@H]2CCCNC2)c(Br)c1. The molecule has 0 aromatic heterocycles. The van der Waals surface area contributed by atoms with E-state index in [2.05, 4.69) is 46.4 Å². The molecule has 1 aliphatic rings. The molecule has 1 atom stereocenters. The van der Waals surface area contributed by atoms with Gasteiger partial charge in [-0.3, -0.25) is 0 Å². The van der Waals surface area contributed by atoms with Crippen molar-refractivity contribution in [3.63, 3.8) is 0 Å². The number of hydrogen-bond acceptors (Lipinski definition) is 2. The third-order valence-electron chi connectivity index (χ3n) is 3.28. The molecule has 0 spiro atoms. The van der Waals surface area contributed by atoms with Crippen molar-refractivity contribution in [1.29, 1.82) is 0 Å². The highest BCUT2D eigenvalue weighted by molar-refractivity contribution is 9.10. The highest BCUT2D eigenvalue weighted by Gasteiger charge is 2.14. The van der Waals surface area contributed by atoms with E-state index in [1.165, 1.54) is 18.4 Å². The van der Waals surface area contributed by atoms with Gasteiger partial charge in [-0.15, -0.1) is 0 Å². The van der Waals surface area contributed by atoms with E-state index in [4.69, 9.17) is 4.74 Å². The summed E-state index contributed by atoms with van der Waals surface area (Å²) < 4.78 is 6.96. The van der Waals surface area contributed by atoms with Gasteiger partial charge in [-0.1, -0.05) is 13.0 Å². The molecule has 1 aromatic rings. The first-order valence-corrected chi connectivity index (χ1v) is 7.21. The summed E-state index contributed by atoms with van der Waals surface area (Å²) in [5, 5.41) is 3.41. The Morgan fingerprint density at radius 3 is 3.00 bits per heavy atom. The van der Waals surface area contributed by atoms with Gasteiger partial charge in [0.05, 0.1) is 11.1 Å². The lowest BCUT2D eigenvalue weighted by Gasteiger charge is -2.23. The van der Waals surface area contributed by atoms with Crippen LogP contribution >= 0.6 is 15.9 Å². The lowest BCUT2D eigenvalue weighted by atomic mass is 10.0. The molecule has 0 bridgehead atoms. The van der Waals surface area contributed by atoms with Crippen LogP contribution in [0.25, 0.3) is 0 Å². The largest absolute Gasteiger partial charge is 0.492 e. The molecule has 1 aromatic carbocycles. The number of piperidine rings is 1. The van der Waals surface area contributed by atoms with Gasteiger partial charge in [0.15, 0.2) is 0 Å². The van der Waals surface area contributed by atoms with Gasteiger partial charge >= 0.3 is 0 Å². The van der Waals surface area contributed by atoms with Crippen LogP contribution in [0.4, 0.5) is 0 Å². The molecule has 0 saturated carbocycles. The lowest BCUT2D eigenvalue weighted by molar-refractivity contribution is 0.217. The van der Waals surface area contributed by atoms with Crippen LogP contribution in [-0.2, 0) is 6.42 Å². The predicted octanol–water partition coefficient (Wildman–Crippen LogP) is 3.39. The zero-order valence-electron chi connectivity index (χ0n) is 10.3. The first-order chi connectivity index (χ1) is 8.29. The van der Waals surface area contributed by atoms with Crippen molar-refractivity contribution in [2.24, 2.45) is 5.92 Å². The second-order valence-corrected chi connectivity index (χ2v) is 5.50. The summed E-state index contributed by atoms with van der Waals surface area (Å²) in [6.45, 7) is 5.23. The molecule has 1 saturated heterocycles. The minimum Gasteiger partial charge on any atom is -0.492 e. The Kier molecular flexibility index (Phi) is 4.86. The molecule has 1 N–H and O–H groups in total. The molecular formula is C14H20BrNO. The smallest absolute Gasteiger partial charge is 0.133 e. The number of ether oxygens (including phenoxy) is 1. The zero-order chi connectivity index (χ0) is 12.1. The highest BCUT2D eigenvalue weighted by Crippen LogP contribution is 2.27. The van der Waals surface area contributed by atoms with Gasteiger partial charge in [-0.05, 0) is 59.4 Å². The van der Waals surface area contributed by atoms with Crippen molar-refractivity contribution in [2.75, 3.05) is 19.7 Å². The van der Waals surface area contributed by atoms with E-state index in [0.29, 0.717) is 5.92 Å². The molecular weight excluding hydrogens is 278 g/mol. The Morgan fingerprint density at radius 2 is 2.35 bits per heavy atom. The van der Waals surface area contributed by atoms with Crippen molar-refractivity contribution >= 4 is 15.9 Å². The van der Waals surface area contributed by atoms with Crippen molar-refractivity contribution < 1.29 is 4.74 Å². The van der Waals surface area contributed by atoms with E-state index in [9.17, 15) is 0 Å². The Hall–Kier alpha value is -0.540. The summed E-state index contributed by atoms with van der Waals surface area (Å²) >= 11 is 3.57. The van der Waals surface area contributed by atoms with Crippen LogP contribution in [0, 0.1) is 5.92 Å². The van der Waals surface area contributed by atoms with Crippen LogP contribution in [0.5, 0.6) is 5.75 Å². The van der Waals surface area contributed by atoms with E-state index < -0.39 is 0 Å². The van der Waals surface area contributed by atoms with Gasteiger partial charge in [0, 0.05) is 12.5 Å². The third-order valence-corrected chi connectivity index (χ3v) is 3.90. The number of benzene rings is 1. The number of nitrogens with one attached hydrogen (secondary N) is 1. The molecule has 0 aliphatic carbocycles. The Labute approximate surface area is 112 Å². The average molecular weight is 298 g/mol. The standard InChI is InChI=1S/C14H20BrNO/c1-2-11-5-6-14(13(15)8-11)17-10-12-4-3-7-16-9-12/h5-6,8,12,16H,2-4,7,9-10H2,1H3/t12-/m0/s1. The van der Waals surface area contributed by atoms with Gasteiger partial charge in [0.2, 0.25) is 0 Å². The zero-order valence-corrected chi connectivity index (χ0v) is 11.9. The molecule has 2 nitrogen and oxygen atoms in total. The molecule has 0 unspecified atom stereocenters. The molecule has 1 fully saturated rings. The molecule has 0 amide bonds. The maximum Gasteiger partial charge on any atom is 0.133 e. The Morgan fingerprint density at radius 1 is 1.47 bits per heavy atom. The second kappa shape index (κ2) is 6.41. The van der Waals surface area contributed by atoms with Crippen molar-refractivity contribution in [3.05, 3.63) is 28.2 Å². The summed E-state index contributed by atoms with van der Waals surface area (Å²) in [7, 11) is 0. The average Bonchev–Trinajstić information content (AvgIpc) is 2.38. The number of rotatable bonds is 4. The summed E-state index contributed by atoms with van der Waals surface area (Å²) in [6, 6.07) is 6.35. The quantitative estimate of drug-likeness (QED) is 0.920. The first-order valence-electron chi connectivity index (χ1n) is 6.41. The lowest BCUT2D eigenvalue weighted by Crippen LogP contribution is -2.33. The van der Waals surface area contributed by atoms with E-state index in [1.54, 1.807) is 0 Å². The van der Waals surface area contributed by atoms with E-state index in [1.807, 2.05) is 0 Å². The van der Waals surface area contributed by atoms with Gasteiger partial charge < -0.3 is 10.1 Å². The van der Waals surface area contributed by atoms with Crippen LogP contribution in [-0.4, -0.2) is 19.7 Å². The third kappa shape index (κ3) is 3.71.